The zero-order valence-corrected chi connectivity index (χ0v) is 5.80. The minimum Gasteiger partial charge on any atom is -0.396 e. The molecule has 0 spiro atoms. The molecule has 0 saturated carbocycles. The van der Waals surface area contributed by atoms with Crippen molar-refractivity contribution >= 4 is 0 Å². The monoisotopic (exact) mass is 133 g/mol. The molecular formula is C6H15NO2. The van der Waals surface area contributed by atoms with Crippen molar-refractivity contribution in [3.8, 4) is 0 Å². The summed E-state index contributed by atoms with van der Waals surface area (Å²) < 4.78 is 0. The summed E-state index contributed by atoms with van der Waals surface area (Å²) in [6, 6.07) is 0. The molecule has 0 heterocycles. The van der Waals surface area contributed by atoms with Gasteiger partial charge in [-0.3, -0.25) is 0 Å². The maximum Gasteiger partial charge on any atom is 0.0574 e. The molecule has 0 aromatic carbocycles. The molecule has 0 aliphatic rings. The van der Waals surface area contributed by atoms with Crippen molar-refractivity contribution in [3.63, 3.8) is 0 Å². The fourth-order valence-electron chi connectivity index (χ4n) is 0.604. The highest BCUT2D eigenvalue weighted by molar-refractivity contribution is 4.54. The summed E-state index contributed by atoms with van der Waals surface area (Å²) in [4.78, 5) is 0. The second-order valence-corrected chi connectivity index (χ2v) is 2.06. The number of hydrogen-bond donors (Lipinski definition) is 3. The molecule has 3 N–H and O–H groups in total. The topological polar surface area (TPSA) is 52.5 Å². The molecule has 9 heavy (non-hydrogen) atoms. The Morgan fingerprint density at radius 2 is 2.11 bits per heavy atom. The first-order valence-corrected chi connectivity index (χ1v) is 3.24. The van der Waals surface area contributed by atoms with Gasteiger partial charge in [0, 0.05) is 6.61 Å². The first kappa shape index (κ1) is 8.88. The van der Waals surface area contributed by atoms with E-state index in [4.69, 9.17) is 10.2 Å². The lowest BCUT2D eigenvalue weighted by atomic mass is 10.2. The highest BCUT2D eigenvalue weighted by atomic mass is 16.3. The largest absolute Gasteiger partial charge is 0.396 e. The number of rotatable bonds is 5. The molecule has 0 aromatic rings. The van der Waals surface area contributed by atoms with Gasteiger partial charge in [0.25, 0.3) is 0 Å². The zero-order chi connectivity index (χ0) is 7.11. The summed E-state index contributed by atoms with van der Waals surface area (Å²) in [5, 5.41) is 20.3. The molecule has 3 nitrogen and oxygen atoms in total. The Balaban J connectivity index is 2.95. The van der Waals surface area contributed by atoms with Gasteiger partial charge in [-0.25, -0.2) is 0 Å². The van der Waals surface area contributed by atoms with Crippen molar-refractivity contribution in [2.45, 2.75) is 18.9 Å². The van der Waals surface area contributed by atoms with Crippen LogP contribution in [0.5, 0.6) is 0 Å². The smallest absolute Gasteiger partial charge is 0.0574 e. The van der Waals surface area contributed by atoms with Gasteiger partial charge in [-0.05, 0) is 26.4 Å². The Morgan fingerprint density at radius 3 is 2.56 bits per heavy atom. The van der Waals surface area contributed by atoms with Crippen molar-refractivity contribution in [1.29, 1.82) is 0 Å². The molecule has 0 aliphatic heterocycles. The third kappa shape index (κ3) is 5.76. The van der Waals surface area contributed by atoms with Gasteiger partial charge >= 0.3 is 0 Å². The molecule has 0 radical (unpaired) electrons. The van der Waals surface area contributed by atoms with E-state index in [2.05, 4.69) is 5.32 Å². The quantitative estimate of drug-likeness (QED) is 0.466. The molecule has 3 heteroatoms. The average molecular weight is 133 g/mol. The van der Waals surface area contributed by atoms with E-state index in [0.717, 1.165) is 13.0 Å². The van der Waals surface area contributed by atoms with Gasteiger partial charge in [-0.1, -0.05) is 0 Å². The van der Waals surface area contributed by atoms with Crippen LogP contribution in [0.2, 0.25) is 0 Å². The summed E-state index contributed by atoms with van der Waals surface area (Å²) in [6.07, 6.45) is 0.862. The molecule has 0 aliphatic carbocycles. The summed E-state index contributed by atoms with van der Waals surface area (Å²) in [7, 11) is 1.84. The second-order valence-electron chi connectivity index (χ2n) is 2.06. The molecule has 0 saturated heterocycles. The van der Waals surface area contributed by atoms with Gasteiger partial charge in [0.1, 0.15) is 0 Å². The van der Waals surface area contributed by atoms with E-state index < -0.39 is 0 Å². The van der Waals surface area contributed by atoms with E-state index in [1.807, 2.05) is 7.05 Å². The molecular weight excluding hydrogens is 118 g/mol. The molecule has 1 atom stereocenters. The van der Waals surface area contributed by atoms with Crippen LogP contribution in [0.15, 0.2) is 0 Å². The minimum atomic E-state index is -0.345. The number of nitrogens with one attached hydrogen (secondary N) is 1. The molecule has 0 aromatic heterocycles. The van der Waals surface area contributed by atoms with Gasteiger partial charge in [0.2, 0.25) is 0 Å². The van der Waals surface area contributed by atoms with Crippen LogP contribution in [0, 0.1) is 0 Å². The first-order chi connectivity index (χ1) is 4.31. The normalized spacial score (nSPS) is 13.7. The average Bonchev–Trinajstić information content (AvgIpc) is 1.85. The lowest BCUT2D eigenvalue weighted by Crippen LogP contribution is -2.17. The van der Waals surface area contributed by atoms with E-state index in [1.165, 1.54) is 0 Å². The van der Waals surface area contributed by atoms with Gasteiger partial charge < -0.3 is 15.5 Å². The summed E-state index contributed by atoms with van der Waals surface area (Å²) in [5.74, 6) is 0. The minimum absolute atomic E-state index is 0.0743. The van der Waals surface area contributed by atoms with Crippen LogP contribution in [-0.2, 0) is 0 Å². The maximum absolute atomic E-state index is 8.98. The fourth-order valence-corrected chi connectivity index (χ4v) is 0.604. The van der Waals surface area contributed by atoms with Crippen LogP contribution in [-0.4, -0.2) is 36.5 Å². The van der Waals surface area contributed by atoms with Gasteiger partial charge in [-0.15, -0.1) is 0 Å². The van der Waals surface area contributed by atoms with Crippen molar-refractivity contribution in [3.05, 3.63) is 0 Å². The van der Waals surface area contributed by atoms with Crippen LogP contribution in [0.1, 0.15) is 12.8 Å². The molecule has 1 unspecified atom stereocenters. The SMILES string of the molecule is CNCCC(O)CCO. The predicted octanol–water partition coefficient (Wildman–Crippen LogP) is -0.661. The van der Waals surface area contributed by atoms with E-state index in [-0.39, 0.29) is 12.7 Å². The summed E-state index contributed by atoms with van der Waals surface area (Å²) >= 11 is 0. The third-order valence-corrected chi connectivity index (χ3v) is 1.19. The number of hydrogen-bond acceptors (Lipinski definition) is 3. The zero-order valence-electron chi connectivity index (χ0n) is 5.80. The highest BCUT2D eigenvalue weighted by Crippen LogP contribution is 1.93. The van der Waals surface area contributed by atoms with E-state index in [0.29, 0.717) is 6.42 Å². The van der Waals surface area contributed by atoms with E-state index >= 15 is 0 Å². The van der Waals surface area contributed by atoms with Crippen molar-refractivity contribution in [2.75, 3.05) is 20.2 Å². The number of aliphatic hydroxyl groups is 2. The van der Waals surface area contributed by atoms with Crippen LogP contribution in [0.4, 0.5) is 0 Å². The molecule has 56 valence electrons. The van der Waals surface area contributed by atoms with Crippen LogP contribution < -0.4 is 5.32 Å². The number of aliphatic hydroxyl groups excluding tert-OH is 2. The highest BCUT2D eigenvalue weighted by Gasteiger charge is 1.99. The lowest BCUT2D eigenvalue weighted by Gasteiger charge is -2.06. The maximum atomic E-state index is 8.98. The van der Waals surface area contributed by atoms with Gasteiger partial charge in [0.15, 0.2) is 0 Å². The van der Waals surface area contributed by atoms with Crippen molar-refractivity contribution in [2.24, 2.45) is 0 Å². The van der Waals surface area contributed by atoms with Gasteiger partial charge in [-0.2, -0.15) is 0 Å². The Labute approximate surface area is 55.7 Å². The summed E-state index contributed by atoms with van der Waals surface area (Å²) in [6.45, 7) is 0.881. The Bertz CT molecular complexity index is 59.0. The first-order valence-electron chi connectivity index (χ1n) is 3.24. The predicted molar refractivity (Wildman–Crippen MR) is 36.3 cm³/mol. The van der Waals surface area contributed by atoms with Crippen LogP contribution in [0.3, 0.4) is 0 Å². The molecule has 0 rings (SSSR count). The van der Waals surface area contributed by atoms with Crippen molar-refractivity contribution < 1.29 is 10.2 Å². The molecule has 0 bridgehead atoms. The standard InChI is InChI=1S/C6H15NO2/c1-7-4-2-6(9)3-5-8/h6-9H,2-5H2,1H3. The Hall–Kier alpha value is -0.120. The van der Waals surface area contributed by atoms with Crippen LogP contribution in [0.25, 0.3) is 0 Å². The van der Waals surface area contributed by atoms with E-state index in [1.54, 1.807) is 0 Å². The van der Waals surface area contributed by atoms with Crippen molar-refractivity contribution in [1.82, 2.24) is 5.32 Å². The summed E-state index contributed by atoms with van der Waals surface area (Å²) in [5.41, 5.74) is 0. The second kappa shape index (κ2) is 6.01. The Morgan fingerprint density at radius 1 is 1.44 bits per heavy atom. The fraction of sp³-hybridized carbons (Fsp3) is 1.00. The lowest BCUT2D eigenvalue weighted by molar-refractivity contribution is 0.125. The molecule has 0 fully saturated rings. The Kier molecular flexibility index (Phi) is 5.93. The van der Waals surface area contributed by atoms with Gasteiger partial charge in [0.05, 0.1) is 6.10 Å². The van der Waals surface area contributed by atoms with E-state index in [9.17, 15) is 0 Å². The van der Waals surface area contributed by atoms with Crippen LogP contribution >= 0.6 is 0 Å². The molecule has 0 amide bonds. The third-order valence-electron chi connectivity index (χ3n) is 1.19.